The van der Waals surface area contributed by atoms with Gasteiger partial charge >= 0.3 is 0 Å². The minimum Gasteiger partial charge on any atom is -0.490 e. The van der Waals surface area contributed by atoms with Gasteiger partial charge in [-0.3, -0.25) is 4.79 Å². The first-order valence-corrected chi connectivity index (χ1v) is 9.40. The molecule has 1 saturated carbocycles. The summed E-state index contributed by atoms with van der Waals surface area (Å²) in [6.07, 6.45) is 6.11. The number of hydrogen-bond donors (Lipinski definition) is 1. The quantitative estimate of drug-likeness (QED) is 0.851. The predicted molar refractivity (Wildman–Crippen MR) is 96.4 cm³/mol. The first-order valence-electron chi connectivity index (χ1n) is 9.40. The zero-order valence-electron chi connectivity index (χ0n) is 14.7. The van der Waals surface area contributed by atoms with Crippen LogP contribution in [-0.2, 0) is 17.9 Å². The lowest BCUT2D eigenvalue weighted by molar-refractivity contribution is -0.115. The third-order valence-corrected chi connectivity index (χ3v) is 5.51. The van der Waals surface area contributed by atoms with Crippen LogP contribution in [0.1, 0.15) is 36.8 Å². The van der Waals surface area contributed by atoms with Gasteiger partial charge in [-0.1, -0.05) is 17.7 Å². The highest BCUT2D eigenvalue weighted by molar-refractivity contribution is 6.00. The Balaban J connectivity index is 1.40. The van der Waals surface area contributed by atoms with E-state index in [2.05, 4.69) is 38.6 Å². The molecular formula is C20H22N4O2. The third kappa shape index (κ3) is 2.84. The van der Waals surface area contributed by atoms with Gasteiger partial charge in [0, 0.05) is 18.7 Å². The summed E-state index contributed by atoms with van der Waals surface area (Å²) in [6.45, 7) is 3.57. The molecule has 1 aromatic carbocycles. The second kappa shape index (κ2) is 6.36. The number of rotatable bonds is 3. The maximum Gasteiger partial charge on any atom is 0.297 e. The average molecular weight is 350 g/mol. The van der Waals surface area contributed by atoms with E-state index in [1.54, 1.807) is 6.20 Å². The number of azo groups is 1. The highest BCUT2D eigenvalue weighted by Gasteiger charge is 2.33. The molecule has 0 atom stereocenters. The molecule has 6 heteroatoms. The van der Waals surface area contributed by atoms with Gasteiger partial charge < -0.3 is 15.0 Å². The number of hydrogen-bond acceptors (Lipinski definition) is 5. The molecule has 6 nitrogen and oxygen atoms in total. The molecule has 5 rings (SSSR count). The SMILES string of the molecule is O=C1N=NC=C(N2Cc3cccc(OC4CCNCC4)c3C2)C1=C1CC1. The van der Waals surface area contributed by atoms with Crippen molar-refractivity contribution in [2.24, 2.45) is 10.2 Å². The van der Waals surface area contributed by atoms with Crippen LogP contribution in [0.2, 0.25) is 0 Å². The summed E-state index contributed by atoms with van der Waals surface area (Å²) in [4.78, 5) is 14.5. The van der Waals surface area contributed by atoms with Gasteiger partial charge in [-0.15, -0.1) is 5.11 Å². The summed E-state index contributed by atoms with van der Waals surface area (Å²) < 4.78 is 6.33. The van der Waals surface area contributed by atoms with Gasteiger partial charge in [0.15, 0.2) is 0 Å². The first kappa shape index (κ1) is 15.8. The zero-order chi connectivity index (χ0) is 17.5. The summed E-state index contributed by atoms with van der Waals surface area (Å²) in [5, 5.41) is 11.0. The molecule has 134 valence electrons. The number of allylic oxidation sites excluding steroid dienone is 1. The van der Waals surface area contributed by atoms with Crippen LogP contribution in [0.15, 0.2) is 51.5 Å². The van der Waals surface area contributed by atoms with Crippen LogP contribution in [-0.4, -0.2) is 30.0 Å². The topological polar surface area (TPSA) is 66.3 Å². The molecule has 1 aromatic rings. The Labute approximate surface area is 152 Å². The van der Waals surface area contributed by atoms with Crippen LogP contribution < -0.4 is 10.1 Å². The fourth-order valence-electron chi connectivity index (χ4n) is 4.01. The molecule has 4 aliphatic rings. The van der Waals surface area contributed by atoms with Gasteiger partial charge in [0.05, 0.1) is 17.5 Å². The highest BCUT2D eigenvalue weighted by Crippen LogP contribution is 2.41. The molecular weight excluding hydrogens is 328 g/mol. The number of carbonyl (C=O) groups excluding carboxylic acids is 1. The van der Waals surface area contributed by atoms with E-state index in [9.17, 15) is 4.79 Å². The second-order valence-corrected chi connectivity index (χ2v) is 7.33. The number of nitrogens with zero attached hydrogens (tertiary/aromatic N) is 3. The highest BCUT2D eigenvalue weighted by atomic mass is 16.5. The summed E-state index contributed by atoms with van der Waals surface area (Å²) in [5.74, 6) is 0.791. The Morgan fingerprint density at radius 3 is 2.81 bits per heavy atom. The monoisotopic (exact) mass is 350 g/mol. The van der Waals surface area contributed by atoms with Crippen molar-refractivity contribution in [1.29, 1.82) is 0 Å². The maximum atomic E-state index is 12.2. The normalized spacial score (nSPS) is 22.5. The van der Waals surface area contributed by atoms with Gasteiger partial charge in [0.1, 0.15) is 11.9 Å². The van der Waals surface area contributed by atoms with Gasteiger partial charge in [-0.2, -0.15) is 5.11 Å². The van der Waals surface area contributed by atoms with Crippen molar-refractivity contribution in [1.82, 2.24) is 10.2 Å². The van der Waals surface area contributed by atoms with Gasteiger partial charge in [-0.25, -0.2) is 0 Å². The van der Waals surface area contributed by atoms with Crippen molar-refractivity contribution in [3.8, 4) is 5.75 Å². The van der Waals surface area contributed by atoms with Crippen molar-refractivity contribution < 1.29 is 9.53 Å². The van der Waals surface area contributed by atoms with Gasteiger partial charge in [-0.05, 0) is 50.4 Å². The summed E-state index contributed by atoms with van der Waals surface area (Å²) in [5.41, 5.74) is 5.41. The lowest BCUT2D eigenvalue weighted by atomic mass is 10.1. The van der Waals surface area contributed by atoms with Gasteiger partial charge in [0.2, 0.25) is 0 Å². The molecule has 2 fully saturated rings. The molecule has 3 heterocycles. The van der Waals surface area contributed by atoms with E-state index < -0.39 is 0 Å². The Morgan fingerprint density at radius 2 is 2.00 bits per heavy atom. The van der Waals surface area contributed by atoms with E-state index >= 15 is 0 Å². The molecule has 0 spiro atoms. The molecule has 1 aliphatic carbocycles. The number of benzene rings is 1. The molecule has 1 amide bonds. The fraction of sp³-hybridized carbons (Fsp3) is 0.450. The Morgan fingerprint density at radius 1 is 1.15 bits per heavy atom. The molecule has 26 heavy (non-hydrogen) atoms. The number of nitrogens with one attached hydrogen (secondary N) is 1. The predicted octanol–water partition coefficient (Wildman–Crippen LogP) is 3.06. The van der Waals surface area contributed by atoms with Crippen LogP contribution in [0.4, 0.5) is 0 Å². The fourth-order valence-corrected chi connectivity index (χ4v) is 4.01. The van der Waals surface area contributed by atoms with Crippen LogP contribution in [0.3, 0.4) is 0 Å². The van der Waals surface area contributed by atoms with Crippen LogP contribution in [0.25, 0.3) is 0 Å². The summed E-state index contributed by atoms with van der Waals surface area (Å²) in [7, 11) is 0. The summed E-state index contributed by atoms with van der Waals surface area (Å²) in [6, 6.07) is 6.30. The van der Waals surface area contributed by atoms with Crippen LogP contribution in [0, 0.1) is 0 Å². The van der Waals surface area contributed by atoms with E-state index in [1.165, 1.54) is 16.7 Å². The first-order chi connectivity index (χ1) is 12.8. The lowest BCUT2D eigenvalue weighted by Gasteiger charge is -2.25. The molecule has 0 unspecified atom stereocenters. The van der Waals surface area contributed by atoms with Crippen LogP contribution >= 0.6 is 0 Å². The van der Waals surface area contributed by atoms with Crippen molar-refractivity contribution in [2.45, 2.75) is 44.9 Å². The number of fused-ring (bicyclic) bond motifs is 1. The number of amides is 1. The van der Waals surface area contributed by atoms with Gasteiger partial charge in [0.25, 0.3) is 5.91 Å². The van der Waals surface area contributed by atoms with Crippen LogP contribution in [0.5, 0.6) is 5.75 Å². The van der Waals surface area contributed by atoms with E-state index in [4.69, 9.17) is 4.74 Å². The van der Waals surface area contributed by atoms with E-state index in [0.29, 0.717) is 0 Å². The minimum atomic E-state index is -0.197. The average Bonchev–Trinajstić information content (AvgIpc) is 3.40. The zero-order valence-corrected chi connectivity index (χ0v) is 14.7. The van der Waals surface area contributed by atoms with E-state index in [1.807, 2.05) is 0 Å². The standard InChI is InChI=1S/C20H22N4O2/c25-20-19(13-4-5-13)17(10-22-23-20)24-11-14-2-1-3-18(16(14)12-24)26-15-6-8-21-9-7-15/h1-3,10,15,21H,4-9,11-12H2. The van der Waals surface area contributed by atoms with Crippen molar-refractivity contribution in [3.05, 3.63) is 52.4 Å². The summed E-state index contributed by atoms with van der Waals surface area (Å²) >= 11 is 0. The Bertz CT molecular complexity index is 843. The largest absolute Gasteiger partial charge is 0.490 e. The minimum absolute atomic E-state index is 0.197. The molecule has 3 aliphatic heterocycles. The Hall–Kier alpha value is -2.47. The second-order valence-electron chi connectivity index (χ2n) is 7.33. The van der Waals surface area contributed by atoms with Crippen molar-refractivity contribution in [3.63, 3.8) is 0 Å². The lowest BCUT2D eigenvalue weighted by Crippen LogP contribution is -2.34. The molecule has 1 N–H and O–H groups in total. The molecule has 0 radical (unpaired) electrons. The number of ether oxygens (including phenoxy) is 1. The molecule has 0 aromatic heterocycles. The number of piperidine rings is 1. The van der Waals surface area contributed by atoms with E-state index in [-0.39, 0.29) is 12.0 Å². The van der Waals surface area contributed by atoms with Crippen molar-refractivity contribution >= 4 is 5.91 Å². The molecule has 0 bridgehead atoms. The Kier molecular flexibility index (Phi) is 3.85. The van der Waals surface area contributed by atoms with Crippen molar-refractivity contribution in [2.75, 3.05) is 13.1 Å². The van der Waals surface area contributed by atoms with E-state index in [0.717, 1.165) is 68.9 Å². The maximum absolute atomic E-state index is 12.2. The smallest absolute Gasteiger partial charge is 0.297 e. The third-order valence-electron chi connectivity index (χ3n) is 5.51. The molecule has 1 saturated heterocycles. The number of carbonyl (C=O) groups is 1.